The van der Waals surface area contributed by atoms with E-state index < -0.39 is 6.10 Å². The Morgan fingerprint density at radius 1 is 1.18 bits per heavy atom. The van der Waals surface area contributed by atoms with E-state index in [-0.39, 0.29) is 62.1 Å². The van der Waals surface area contributed by atoms with Crippen LogP contribution in [0.3, 0.4) is 0 Å². The maximum absolute atomic E-state index is 12.7. The summed E-state index contributed by atoms with van der Waals surface area (Å²) >= 11 is 0. The molecule has 155 valence electrons. The third-order valence-corrected chi connectivity index (χ3v) is 8.41. The van der Waals surface area contributed by atoms with Crippen LogP contribution in [-0.4, -0.2) is 22.8 Å². The molecule has 0 amide bonds. The summed E-state index contributed by atoms with van der Waals surface area (Å²) in [6.45, 7) is 4.54. The van der Waals surface area contributed by atoms with Crippen molar-refractivity contribution in [2.45, 2.75) is 96.2 Å². The Labute approximate surface area is 207 Å². The first-order valence-electron chi connectivity index (χ1n) is 11.6. The van der Waals surface area contributed by atoms with Gasteiger partial charge in [0.15, 0.2) is 0 Å². The molecule has 0 aromatic heterocycles. The zero-order chi connectivity index (χ0) is 19.0. The van der Waals surface area contributed by atoms with Crippen molar-refractivity contribution in [2.75, 3.05) is 0 Å². The molecule has 6 atom stereocenters. The van der Waals surface area contributed by atoms with Crippen molar-refractivity contribution in [3.63, 3.8) is 0 Å². The van der Waals surface area contributed by atoms with Gasteiger partial charge >= 0.3 is 5.97 Å². The van der Waals surface area contributed by atoms with E-state index in [1.807, 2.05) is 0 Å². The van der Waals surface area contributed by atoms with E-state index in [9.17, 15) is 9.90 Å². The van der Waals surface area contributed by atoms with Crippen molar-refractivity contribution >= 4 is 5.97 Å². The maximum Gasteiger partial charge on any atom is 0.308 e. The fraction of sp³-hybridized carbons (Fsp3) is 0.875. The number of aliphatic hydroxyl groups excluding tert-OH is 1. The van der Waals surface area contributed by atoms with Crippen LogP contribution in [-0.2, 0) is 9.53 Å². The zero-order valence-corrected chi connectivity index (χ0v) is 22.6. The van der Waals surface area contributed by atoms with Gasteiger partial charge in [-0.25, -0.2) is 0 Å². The van der Waals surface area contributed by atoms with Gasteiger partial charge in [0.2, 0.25) is 0 Å². The van der Waals surface area contributed by atoms with Crippen LogP contribution in [0.15, 0.2) is 12.2 Å². The number of ether oxygens (including phenoxy) is 1. The molecule has 1 radical (unpaired) electrons. The number of esters is 1. The van der Waals surface area contributed by atoms with Gasteiger partial charge in [-0.15, -0.1) is 0 Å². The maximum atomic E-state index is 12.7. The molecule has 0 aliphatic heterocycles. The molecule has 4 rings (SSSR count). The minimum absolute atomic E-state index is 0. The quantitative estimate of drug-likeness (QED) is 0.320. The van der Waals surface area contributed by atoms with E-state index in [4.69, 9.17) is 4.74 Å². The van der Waals surface area contributed by atoms with E-state index >= 15 is 0 Å². The molecule has 4 bridgehead atoms. The van der Waals surface area contributed by atoms with Crippen LogP contribution in [0, 0.1) is 79.6 Å². The Kier molecular flexibility index (Phi) is 8.17. The molecule has 0 heterocycles. The predicted molar refractivity (Wildman–Crippen MR) is 107 cm³/mol. The number of carbonyl (C=O) groups is 1. The molecule has 3 fully saturated rings. The standard InChI is InChI=1S/C24H38O3.Ac/c1-3-24(20-5-4-6-21(24)12-16(2)11-20)27-23(26)15-22(25)10-9-19-14-17-7-8-18(19)13-17;/h7-8,16-22,25H,3-6,9-15H2,1-2H3;. The third-order valence-electron chi connectivity index (χ3n) is 8.41. The average Bonchev–Trinajstić information content (AvgIpc) is 3.23. The SMILES string of the molecule is CCC1(OC(=O)CC(O)CCC2CC3C=CC2C3)C2CCCC1CC(C)C2.[Ac]. The minimum atomic E-state index is -0.545. The van der Waals surface area contributed by atoms with Crippen molar-refractivity contribution in [2.24, 2.45) is 35.5 Å². The summed E-state index contributed by atoms with van der Waals surface area (Å²) in [5.41, 5.74) is -0.253. The number of carbonyl (C=O) groups excluding carboxylic acids is 1. The molecule has 3 nitrogen and oxygen atoms in total. The van der Waals surface area contributed by atoms with Crippen molar-refractivity contribution < 1.29 is 58.7 Å². The second-order valence-corrected chi connectivity index (χ2v) is 10.2. The molecule has 0 aromatic rings. The molecule has 28 heavy (non-hydrogen) atoms. The number of aliphatic hydroxyl groups is 1. The van der Waals surface area contributed by atoms with Crippen molar-refractivity contribution in [1.29, 1.82) is 0 Å². The monoisotopic (exact) mass is 601 g/mol. The fourth-order valence-electron chi connectivity index (χ4n) is 7.13. The summed E-state index contributed by atoms with van der Waals surface area (Å²) in [5.74, 6) is 3.84. The number of rotatable bonds is 7. The second-order valence-electron chi connectivity index (χ2n) is 10.2. The molecule has 4 heteroatoms. The number of allylic oxidation sites excluding steroid dienone is 2. The molecule has 0 aromatic carbocycles. The summed E-state index contributed by atoms with van der Waals surface area (Å²) in [7, 11) is 0. The van der Waals surface area contributed by atoms with Crippen molar-refractivity contribution in [3.05, 3.63) is 12.2 Å². The van der Waals surface area contributed by atoms with Crippen LogP contribution >= 0.6 is 0 Å². The number of fused-ring (bicyclic) bond motifs is 4. The van der Waals surface area contributed by atoms with Crippen LogP contribution in [0.2, 0.25) is 0 Å². The molecule has 0 spiro atoms. The summed E-state index contributed by atoms with van der Waals surface area (Å²) < 4.78 is 6.23. The normalized spacial score (nSPS) is 42.1. The number of hydrogen-bond acceptors (Lipinski definition) is 3. The van der Waals surface area contributed by atoms with E-state index in [1.54, 1.807) is 0 Å². The predicted octanol–water partition coefficient (Wildman–Crippen LogP) is 5.27. The van der Waals surface area contributed by atoms with Gasteiger partial charge in [0.1, 0.15) is 5.60 Å². The van der Waals surface area contributed by atoms with E-state index in [0.29, 0.717) is 17.8 Å². The smallest absolute Gasteiger partial charge is 0.308 e. The molecule has 4 aliphatic rings. The van der Waals surface area contributed by atoms with Gasteiger partial charge in [-0.05, 0) is 93.3 Å². The Morgan fingerprint density at radius 2 is 1.89 bits per heavy atom. The van der Waals surface area contributed by atoms with Gasteiger partial charge in [-0.1, -0.05) is 32.4 Å². The Morgan fingerprint density at radius 3 is 2.46 bits per heavy atom. The van der Waals surface area contributed by atoms with Crippen LogP contribution in [0.4, 0.5) is 0 Å². The van der Waals surface area contributed by atoms with Crippen LogP contribution in [0.1, 0.15) is 84.5 Å². The second kappa shape index (κ2) is 9.83. The van der Waals surface area contributed by atoms with Crippen molar-refractivity contribution in [1.82, 2.24) is 0 Å². The topological polar surface area (TPSA) is 46.5 Å². The summed E-state index contributed by atoms with van der Waals surface area (Å²) in [4.78, 5) is 12.7. The van der Waals surface area contributed by atoms with Gasteiger partial charge in [0.05, 0.1) is 12.5 Å². The average molecular weight is 602 g/mol. The molecular weight excluding hydrogens is 563 g/mol. The Balaban J connectivity index is 0.00000225. The van der Waals surface area contributed by atoms with Crippen LogP contribution in [0.25, 0.3) is 0 Å². The van der Waals surface area contributed by atoms with Crippen LogP contribution < -0.4 is 0 Å². The van der Waals surface area contributed by atoms with Gasteiger partial charge in [-0.3, -0.25) is 4.79 Å². The first-order chi connectivity index (χ1) is 13.0. The molecular formula is C24H38AcO3. The molecule has 1 N–H and O–H groups in total. The van der Waals surface area contributed by atoms with Gasteiger partial charge in [0, 0.05) is 44.1 Å². The molecule has 6 unspecified atom stereocenters. The fourth-order valence-corrected chi connectivity index (χ4v) is 7.13. The molecule has 4 aliphatic carbocycles. The van der Waals surface area contributed by atoms with Crippen LogP contribution in [0.5, 0.6) is 0 Å². The summed E-state index contributed by atoms with van der Waals surface area (Å²) in [6.07, 6.45) is 15.7. The molecule has 0 saturated heterocycles. The number of hydrogen-bond donors (Lipinski definition) is 1. The summed E-state index contributed by atoms with van der Waals surface area (Å²) in [5, 5.41) is 10.5. The molecule has 3 saturated carbocycles. The van der Waals surface area contributed by atoms with Gasteiger partial charge in [0.25, 0.3) is 0 Å². The van der Waals surface area contributed by atoms with Crippen molar-refractivity contribution in [3.8, 4) is 0 Å². The Bertz CT molecular complexity index is 560. The third kappa shape index (κ3) is 4.75. The zero-order valence-electron chi connectivity index (χ0n) is 17.8. The van der Waals surface area contributed by atoms with Gasteiger partial charge < -0.3 is 9.84 Å². The van der Waals surface area contributed by atoms with Gasteiger partial charge in [-0.2, -0.15) is 0 Å². The Hall–Kier alpha value is 0.612. The van der Waals surface area contributed by atoms with E-state index in [2.05, 4.69) is 26.0 Å². The van der Waals surface area contributed by atoms with E-state index in [1.165, 1.54) is 44.9 Å². The van der Waals surface area contributed by atoms with E-state index in [0.717, 1.165) is 37.0 Å². The first-order valence-corrected chi connectivity index (χ1v) is 11.6. The largest absolute Gasteiger partial charge is 0.458 e. The summed E-state index contributed by atoms with van der Waals surface area (Å²) in [6, 6.07) is 0. The minimum Gasteiger partial charge on any atom is -0.458 e. The first kappa shape index (κ1) is 23.3.